The summed E-state index contributed by atoms with van der Waals surface area (Å²) in [5.41, 5.74) is 1.77. The van der Waals surface area contributed by atoms with Crippen molar-refractivity contribution in [3.05, 3.63) is 46.6 Å². The molecule has 0 bridgehead atoms. The van der Waals surface area contributed by atoms with Crippen LogP contribution in [0.4, 0.5) is 5.82 Å². The number of benzene rings is 1. The van der Waals surface area contributed by atoms with Crippen molar-refractivity contribution in [3.63, 3.8) is 0 Å². The molecule has 0 spiro atoms. The lowest BCUT2D eigenvalue weighted by atomic mass is 9.95. The third-order valence-electron chi connectivity index (χ3n) is 4.62. The van der Waals surface area contributed by atoms with Gasteiger partial charge < -0.3 is 10.2 Å². The Morgan fingerprint density at radius 1 is 1.22 bits per heavy atom. The molecule has 0 atom stereocenters. The number of rotatable bonds is 6. The number of hydrogen-bond acceptors (Lipinski definition) is 5. The molecule has 7 heteroatoms. The van der Waals surface area contributed by atoms with E-state index in [4.69, 9.17) is 11.6 Å². The van der Waals surface area contributed by atoms with E-state index in [0.29, 0.717) is 27.7 Å². The van der Waals surface area contributed by atoms with Crippen molar-refractivity contribution in [3.8, 4) is 0 Å². The van der Waals surface area contributed by atoms with Crippen LogP contribution in [0, 0.1) is 0 Å². The van der Waals surface area contributed by atoms with E-state index in [2.05, 4.69) is 15.3 Å². The van der Waals surface area contributed by atoms with Gasteiger partial charge in [0.15, 0.2) is 5.16 Å². The Bertz CT molecular complexity index is 793. The number of nitrogens with zero attached hydrogens (tertiary/aromatic N) is 3. The van der Waals surface area contributed by atoms with Crippen LogP contribution in [0.2, 0.25) is 5.15 Å². The third kappa shape index (κ3) is 5.84. The van der Waals surface area contributed by atoms with E-state index in [0.717, 1.165) is 24.2 Å². The minimum absolute atomic E-state index is 0.0163. The predicted molar refractivity (Wildman–Crippen MR) is 112 cm³/mol. The molecule has 5 nitrogen and oxygen atoms in total. The highest BCUT2D eigenvalue weighted by atomic mass is 35.5. The lowest BCUT2D eigenvalue weighted by Crippen LogP contribution is -2.36. The fourth-order valence-corrected chi connectivity index (χ4v) is 4.17. The maximum absolute atomic E-state index is 12.5. The molecule has 1 saturated carbocycles. The predicted octanol–water partition coefficient (Wildman–Crippen LogP) is 4.55. The lowest BCUT2D eigenvalue weighted by molar-refractivity contribution is 0.0927. The zero-order valence-electron chi connectivity index (χ0n) is 15.7. The molecule has 1 aromatic heterocycles. The van der Waals surface area contributed by atoms with Crippen molar-refractivity contribution in [2.24, 2.45) is 0 Å². The van der Waals surface area contributed by atoms with Crippen LogP contribution in [-0.4, -0.2) is 36.0 Å². The molecule has 1 heterocycles. The number of nitrogens with one attached hydrogen (secondary N) is 1. The molecule has 1 aliphatic rings. The van der Waals surface area contributed by atoms with E-state index < -0.39 is 0 Å². The van der Waals surface area contributed by atoms with Crippen molar-refractivity contribution in [2.75, 3.05) is 19.0 Å². The molecule has 27 heavy (non-hydrogen) atoms. The van der Waals surface area contributed by atoms with Gasteiger partial charge in [-0.3, -0.25) is 4.79 Å². The second-order valence-electron chi connectivity index (χ2n) is 7.02. The summed E-state index contributed by atoms with van der Waals surface area (Å²) in [4.78, 5) is 23.2. The van der Waals surface area contributed by atoms with E-state index >= 15 is 0 Å². The highest BCUT2D eigenvalue weighted by Crippen LogP contribution is 2.24. The Morgan fingerprint density at radius 3 is 2.74 bits per heavy atom. The number of aromatic nitrogens is 2. The minimum Gasteiger partial charge on any atom is -0.363 e. The van der Waals surface area contributed by atoms with Crippen molar-refractivity contribution in [2.45, 2.75) is 49.1 Å². The Hall–Kier alpha value is -1.79. The molecule has 0 radical (unpaired) electrons. The molecule has 1 aromatic carbocycles. The first-order valence-electron chi connectivity index (χ1n) is 9.26. The molecule has 1 aliphatic carbocycles. The number of halogens is 1. The van der Waals surface area contributed by atoms with E-state index in [1.54, 1.807) is 6.07 Å². The number of hydrogen-bond donors (Lipinski definition) is 1. The van der Waals surface area contributed by atoms with Gasteiger partial charge in [0, 0.05) is 37.5 Å². The molecule has 1 fully saturated rings. The smallest absolute Gasteiger partial charge is 0.251 e. The topological polar surface area (TPSA) is 58.1 Å². The van der Waals surface area contributed by atoms with Gasteiger partial charge in [0.25, 0.3) is 5.91 Å². The van der Waals surface area contributed by atoms with Gasteiger partial charge in [-0.25, -0.2) is 9.97 Å². The first-order chi connectivity index (χ1) is 13.0. The fraction of sp³-hybridized carbons (Fsp3) is 0.450. The van der Waals surface area contributed by atoms with Crippen LogP contribution in [0.1, 0.15) is 48.0 Å². The van der Waals surface area contributed by atoms with Gasteiger partial charge in [-0.05, 0) is 30.5 Å². The Kier molecular flexibility index (Phi) is 6.96. The van der Waals surface area contributed by atoms with E-state index in [1.807, 2.05) is 43.3 Å². The zero-order valence-corrected chi connectivity index (χ0v) is 17.3. The SMILES string of the molecule is CN(C)c1cc(Cl)nc(SCc2cccc(C(=O)NC3CCCCC3)c2)n1. The largest absolute Gasteiger partial charge is 0.363 e. The molecule has 0 saturated heterocycles. The highest BCUT2D eigenvalue weighted by Gasteiger charge is 2.16. The molecular weight excluding hydrogens is 380 g/mol. The number of anilines is 1. The van der Waals surface area contributed by atoms with Gasteiger partial charge in [-0.2, -0.15) is 0 Å². The van der Waals surface area contributed by atoms with Gasteiger partial charge >= 0.3 is 0 Å². The average Bonchev–Trinajstić information content (AvgIpc) is 2.67. The molecular formula is C20H25ClN4OS. The summed E-state index contributed by atoms with van der Waals surface area (Å²) >= 11 is 7.60. The standard InChI is InChI=1S/C20H25ClN4OS/c1-25(2)18-12-17(21)23-20(24-18)27-13-14-7-6-8-15(11-14)19(26)22-16-9-4-3-5-10-16/h6-8,11-12,16H,3-5,9-10,13H2,1-2H3,(H,22,26). The third-order valence-corrected chi connectivity index (χ3v) is 5.73. The van der Waals surface area contributed by atoms with Crippen molar-refractivity contribution < 1.29 is 4.79 Å². The molecule has 0 aliphatic heterocycles. The Balaban J connectivity index is 1.63. The van der Waals surface area contributed by atoms with Crippen molar-refractivity contribution in [1.29, 1.82) is 0 Å². The first-order valence-corrected chi connectivity index (χ1v) is 10.6. The molecule has 144 valence electrons. The molecule has 3 rings (SSSR count). The zero-order chi connectivity index (χ0) is 19.2. The molecule has 1 N–H and O–H groups in total. The quantitative estimate of drug-likeness (QED) is 0.434. The minimum atomic E-state index is 0.0163. The van der Waals surface area contributed by atoms with Crippen molar-refractivity contribution >= 4 is 35.1 Å². The Morgan fingerprint density at radius 2 is 2.00 bits per heavy atom. The van der Waals surface area contributed by atoms with Crippen LogP contribution in [0.5, 0.6) is 0 Å². The normalized spacial score (nSPS) is 14.8. The van der Waals surface area contributed by atoms with Crippen LogP contribution < -0.4 is 10.2 Å². The number of thioether (sulfide) groups is 1. The van der Waals surface area contributed by atoms with Crippen LogP contribution in [-0.2, 0) is 5.75 Å². The van der Waals surface area contributed by atoms with Gasteiger partial charge in [0.2, 0.25) is 0 Å². The van der Waals surface area contributed by atoms with Gasteiger partial charge in [-0.15, -0.1) is 0 Å². The summed E-state index contributed by atoms with van der Waals surface area (Å²) in [6.45, 7) is 0. The Labute approximate surface area is 169 Å². The van der Waals surface area contributed by atoms with E-state index in [9.17, 15) is 4.79 Å². The average molecular weight is 405 g/mol. The molecule has 0 unspecified atom stereocenters. The summed E-state index contributed by atoms with van der Waals surface area (Å²) in [7, 11) is 3.84. The van der Waals surface area contributed by atoms with Crippen LogP contribution in [0.3, 0.4) is 0 Å². The van der Waals surface area contributed by atoms with Crippen LogP contribution in [0.25, 0.3) is 0 Å². The van der Waals surface area contributed by atoms with E-state index in [-0.39, 0.29) is 5.91 Å². The van der Waals surface area contributed by atoms with Crippen molar-refractivity contribution in [1.82, 2.24) is 15.3 Å². The van der Waals surface area contributed by atoms with Gasteiger partial charge in [0.05, 0.1) is 0 Å². The molecule has 1 amide bonds. The van der Waals surface area contributed by atoms with E-state index in [1.165, 1.54) is 31.0 Å². The second kappa shape index (κ2) is 9.42. The maximum atomic E-state index is 12.5. The number of carbonyl (C=O) groups is 1. The molecule has 2 aromatic rings. The summed E-state index contributed by atoms with van der Waals surface area (Å²) in [5, 5.41) is 4.23. The monoisotopic (exact) mass is 404 g/mol. The fourth-order valence-electron chi connectivity index (χ4n) is 3.14. The lowest BCUT2D eigenvalue weighted by Gasteiger charge is -2.22. The summed E-state index contributed by atoms with van der Waals surface area (Å²) in [6, 6.07) is 9.81. The first kappa shape index (κ1) is 20.0. The van der Waals surface area contributed by atoms with Gasteiger partial charge in [-0.1, -0.05) is 54.8 Å². The van der Waals surface area contributed by atoms with Crippen LogP contribution >= 0.6 is 23.4 Å². The van der Waals surface area contributed by atoms with Gasteiger partial charge in [0.1, 0.15) is 11.0 Å². The highest BCUT2D eigenvalue weighted by molar-refractivity contribution is 7.98. The summed E-state index contributed by atoms with van der Waals surface area (Å²) in [5.74, 6) is 1.47. The second-order valence-corrected chi connectivity index (χ2v) is 8.35. The number of amides is 1. The summed E-state index contributed by atoms with van der Waals surface area (Å²) in [6.07, 6.45) is 5.86. The summed E-state index contributed by atoms with van der Waals surface area (Å²) < 4.78 is 0. The van der Waals surface area contributed by atoms with Crippen LogP contribution in [0.15, 0.2) is 35.5 Å². The maximum Gasteiger partial charge on any atom is 0.251 e. The number of carbonyl (C=O) groups excluding carboxylic acids is 1.